The molecule has 1 rings (SSSR count). The fraction of sp³-hybridized carbons (Fsp3) is 0.636. The molecule has 0 aliphatic rings. The first kappa shape index (κ1) is 14.6. The van der Waals surface area contributed by atoms with Crippen LogP contribution < -0.4 is 16.6 Å². The zero-order valence-electron chi connectivity index (χ0n) is 10.8. The van der Waals surface area contributed by atoms with E-state index in [0.29, 0.717) is 11.6 Å². The highest BCUT2D eigenvalue weighted by Gasteiger charge is 2.24. The van der Waals surface area contributed by atoms with Crippen molar-refractivity contribution < 1.29 is 10.2 Å². The summed E-state index contributed by atoms with van der Waals surface area (Å²) in [4.78, 5) is 8.19. The van der Waals surface area contributed by atoms with Gasteiger partial charge in [0.25, 0.3) is 0 Å². The third-order valence-electron chi connectivity index (χ3n) is 2.70. The van der Waals surface area contributed by atoms with Crippen molar-refractivity contribution in [2.45, 2.75) is 32.2 Å². The zero-order valence-corrected chi connectivity index (χ0v) is 10.8. The molecule has 0 fully saturated rings. The lowest BCUT2D eigenvalue weighted by atomic mass is 10.0. The van der Waals surface area contributed by atoms with Crippen molar-refractivity contribution in [2.75, 3.05) is 24.0 Å². The third-order valence-corrected chi connectivity index (χ3v) is 2.70. The van der Waals surface area contributed by atoms with E-state index in [9.17, 15) is 10.2 Å². The molecule has 0 aliphatic heterocycles. The first-order valence-corrected chi connectivity index (χ1v) is 5.90. The summed E-state index contributed by atoms with van der Waals surface area (Å²) in [5.41, 5.74) is 2.54. The van der Waals surface area contributed by atoms with Gasteiger partial charge in [-0.05, 0) is 13.3 Å². The lowest BCUT2D eigenvalue weighted by molar-refractivity contribution is 0.147. The summed E-state index contributed by atoms with van der Waals surface area (Å²) in [5, 5.41) is 21.6. The maximum Gasteiger partial charge on any atom is 0.148 e. The van der Waals surface area contributed by atoms with E-state index in [1.807, 2.05) is 6.92 Å². The minimum atomic E-state index is -0.831. The lowest BCUT2D eigenvalue weighted by Crippen LogP contribution is -2.43. The molecule has 0 bridgehead atoms. The fourth-order valence-electron chi connectivity index (χ4n) is 1.55. The molecular formula is C11H21N5O2. The van der Waals surface area contributed by atoms with Crippen LogP contribution in [0.15, 0.2) is 6.33 Å². The smallest absolute Gasteiger partial charge is 0.148 e. The Morgan fingerprint density at radius 3 is 2.39 bits per heavy atom. The second-order valence-corrected chi connectivity index (χ2v) is 4.45. The number of hydrazine groups is 1. The number of anilines is 2. The van der Waals surface area contributed by atoms with Crippen molar-refractivity contribution >= 4 is 11.6 Å². The largest absolute Gasteiger partial charge is 0.394 e. The molecule has 0 saturated carbocycles. The van der Waals surface area contributed by atoms with Crippen LogP contribution in [-0.4, -0.2) is 38.9 Å². The van der Waals surface area contributed by atoms with Crippen LogP contribution in [0.25, 0.3) is 0 Å². The minimum absolute atomic E-state index is 0.204. The van der Waals surface area contributed by atoms with Gasteiger partial charge in [0.05, 0.1) is 18.8 Å². The summed E-state index contributed by atoms with van der Waals surface area (Å²) in [6.07, 6.45) is 3.03. The van der Waals surface area contributed by atoms with Crippen molar-refractivity contribution in [2.24, 2.45) is 5.84 Å². The van der Waals surface area contributed by atoms with E-state index in [4.69, 9.17) is 5.84 Å². The number of nitrogens with two attached hydrogens (primary N) is 1. The van der Waals surface area contributed by atoms with E-state index in [1.165, 1.54) is 6.33 Å². The highest BCUT2D eigenvalue weighted by atomic mass is 16.3. The van der Waals surface area contributed by atoms with Crippen molar-refractivity contribution in [3.05, 3.63) is 11.9 Å². The number of aliphatic hydroxyl groups excluding tert-OH is 2. The van der Waals surface area contributed by atoms with Crippen molar-refractivity contribution in [3.63, 3.8) is 0 Å². The van der Waals surface area contributed by atoms with Crippen LogP contribution in [0, 0.1) is 0 Å². The Hall–Kier alpha value is -1.44. The number of aromatic nitrogens is 2. The molecule has 102 valence electrons. The molecule has 6 N–H and O–H groups in total. The van der Waals surface area contributed by atoms with Crippen LogP contribution in [0.3, 0.4) is 0 Å². The van der Waals surface area contributed by atoms with E-state index in [1.54, 1.807) is 6.92 Å². The van der Waals surface area contributed by atoms with Gasteiger partial charge in [-0.3, -0.25) is 0 Å². The van der Waals surface area contributed by atoms with Crippen molar-refractivity contribution in [3.8, 4) is 0 Å². The monoisotopic (exact) mass is 255 g/mol. The molecule has 1 aromatic heterocycles. The summed E-state index contributed by atoms with van der Waals surface area (Å²) < 4.78 is 0. The number of nitrogen functional groups attached to an aromatic ring is 1. The minimum Gasteiger partial charge on any atom is -0.394 e. The summed E-state index contributed by atoms with van der Waals surface area (Å²) in [6.45, 7) is 3.34. The van der Waals surface area contributed by atoms with Crippen LogP contribution in [0.1, 0.15) is 25.8 Å². The van der Waals surface area contributed by atoms with Gasteiger partial charge in [0, 0.05) is 5.56 Å². The summed E-state index contributed by atoms with van der Waals surface area (Å²) in [5.74, 6) is 6.53. The summed E-state index contributed by atoms with van der Waals surface area (Å²) in [6, 6.07) is 0. The number of nitrogens with one attached hydrogen (secondary N) is 2. The maximum absolute atomic E-state index is 9.29. The number of aliphatic hydroxyl groups is 2. The second kappa shape index (κ2) is 6.48. The van der Waals surface area contributed by atoms with Gasteiger partial charge in [-0.15, -0.1) is 0 Å². The third kappa shape index (κ3) is 3.28. The molecule has 7 nitrogen and oxygen atoms in total. The van der Waals surface area contributed by atoms with Crippen LogP contribution in [0.5, 0.6) is 0 Å². The average molecular weight is 255 g/mol. The first-order chi connectivity index (χ1) is 8.60. The van der Waals surface area contributed by atoms with Crippen molar-refractivity contribution in [1.29, 1.82) is 0 Å². The number of hydrogen-bond acceptors (Lipinski definition) is 7. The standard InChI is InChI=1S/C11H21N5O2/c1-3-4-8-9(13-7-14-10(8)16-12)15-11(2,5-17)6-18/h7,17-18H,3-6,12H2,1-2H3,(H2,13,14,15,16). The number of hydrogen-bond donors (Lipinski definition) is 5. The number of rotatable bonds is 7. The molecule has 0 aliphatic carbocycles. The van der Waals surface area contributed by atoms with Crippen molar-refractivity contribution in [1.82, 2.24) is 9.97 Å². The van der Waals surface area contributed by atoms with Gasteiger partial charge < -0.3 is 21.0 Å². The average Bonchev–Trinajstić information content (AvgIpc) is 2.40. The van der Waals surface area contributed by atoms with Gasteiger partial charge in [0.15, 0.2) is 0 Å². The lowest BCUT2D eigenvalue weighted by Gasteiger charge is -2.28. The molecule has 0 amide bonds. The Balaban J connectivity index is 3.07. The van der Waals surface area contributed by atoms with E-state index >= 15 is 0 Å². The van der Waals surface area contributed by atoms with Crippen LogP contribution >= 0.6 is 0 Å². The highest BCUT2D eigenvalue weighted by Crippen LogP contribution is 2.23. The highest BCUT2D eigenvalue weighted by molar-refractivity contribution is 5.57. The van der Waals surface area contributed by atoms with Gasteiger partial charge >= 0.3 is 0 Å². The Morgan fingerprint density at radius 2 is 1.89 bits per heavy atom. The van der Waals surface area contributed by atoms with Gasteiger partial charge in [-0.2, -0.15) is 0 Å². The van der Waals surface area contributed by atoms with Crippen LogP contribution in [0.2, 0.25) is 0 Å². The SMILES string of the molecule is CCCc1c(NN)ncnc1NC(C)(CO)CO. The molecule has 1 aromatic rings. The van der Waals surface area contributed by atoms with E-state index in [-0.39, 0.29) is 13.2 Å². The Bertz CT molecular complexity index is 382. The Kier molecular flexibility index (Phi) is 5.26. The topological polar surface area (TPSA) is 116 Å². The van der Waals surface area contributed by atoms with Crippen LogP contribution in [0.4, 0.5) is 11.6 Å². The van der Waals surface area contributed by atoms with E-state index < -0.39 is 5.54 Å². The van der Waals surface area contributed by atoms with Crippen LogP contribution in [-0.2, 0) is 6.42 Å². The predicted molar refractivity (Wildman–Crippen MR) is 70.0 cm³/mol. The maximum atomic E-state index is 9.29. The first-order valence-electron chi connectivity index (χ1n) is 5.90. The molecule has 0 aromatic carbocycles. The summed E-state index contributed by atoms with van der Waals surface area (Å²) in [7, 11) is 0. The number of nitrogens with zero attached hydrogens (tertiary/aromatic N) is 2. The fourth-order valence-corrected chi connectivity index (χ4v) is 1.55. The van der Waals surface area contributed by atoms with Gasteiger partial charge in [0.2, 0.25) is 0 Å². The Morgan fingerprint density at radius 1 is 1.28 bits per heavy atom. The second-order valence-electron chi connectivity index (χ2n) is 4.45. The molecular weight excluding hydrogens is 234 g/mol. The normalized spacial score (nSPS) is 11.4. The molecule has 1 heterocycles. The van der Waals surface area contributed by atoms with E-state index in [2.05, 4.69) is 20.7 Å². The van der Waals surface area contributed by atoms with Gasteiger partial charge in [-0.1, -0.05) is 13.3 Å². The molecule has 0 atom stereocenters. The van der Waals surface area contributed by atoms with Gasteiger partial charge in [-0.25, -0.2) is 15.8 Å². The Labute approximate surface area is 106 Å². The quantitative estimate of drug-likeness (QED) is 0.340. The molecule has 0 spiro atoms. The predicted octanol–water partition coefficient (Wildman–Crippen LogP) is -0.130. The molecule has 7 heteroatoms. The molecule has 18 heavy (non-hydrogen) atoms. The molecule has 0 unspecified atom stereocenters. The molecule has 0 radical (unpaired) electrons. The zero-order chi connectivity index (χ0) is 13.6. The summed E-state index contributed by atoms with van der Waals surface area (Å²) >= 11 is 0. The molecule has 0 saturated heterocycles. The van der Waals surface area contributed by atoms with E-state index in [0.717, 1.165) is 18.4 Å². The van der Waals surface area contributed by atoms with Gasteiger partial charge in [0.1, 0.15) is 18.0 Å².